The van der Waals surface area contributed by atoms with Gasteiger partial charge < -0.3 is 19.9 Å². The molecule has 0 bridgehead atoms. The lowest BCUT2D eigenvalue weighted by atomic mass is 9.93. The summed E-state index contributed by atoms with van der Waals surface area (Å²) in [5, 5.41) is 2.76. The Morgan fingerprint density at radius 1 is 1.24 bits per heavy atom. The number of nitrogens with zero attached hydrogens (tertiary/aromatic N) is 2. The molecule has 0 unspecified atom stereocenters. The van der Waals surface area contributed by atoms with Crippen LogP contribution in [0.3, 0.4) is 0 Å². The molecule has 7 heteroatoms. The van der Waals surface area contributed by atoms with E-state index in [2.05, 4.69) is 5.32 Å². The quantitative estimate of drug-likeness (QED) is 0.833. The Morgan fingerprint density at radius 2 is 2.00 bits per heavy atom. The molecule has 2 heterocycles. The molecule has 3 rings (SSSR count). The van der Waals surface area contributed by atoms with Gasteiger partial charge in [0.2, 0.25) is 11.8 Å². The number of ether oxygens (including phenoxy) is 1. The second-order valence-corrected chi connectivity index (χ2v) is 6.46. The van der Waals surface area contributed by atoms with E-state index in [9.17, 15) is 14.4 Å². The SMILES string of the molecule is Cc1ccccc1[C@@H]1[C@@H](C(=O)N2CCNC(=O)CC2)OCC(=O)N1C. The Kier molecular flexibility index (Phi) is 5.03. The van der Waals surface area contributed by atoms with Crippen LogP contribution in [0, 0.1) is 6.92 Å². The number of hydrogen-bond acceptors (Lipinski definition) is 4. The van der Waals surface area contributed by atoms with Crippen molar-refractivity contribution in [3.63, 3.8) is 0 Å². The topological polar surface area (TPSA) is 79.0 Å². The highest BCUT2D eigenvalue weighted by Crippen LogP contribution is 2.32. The third-order valence-corrected chi connectivity index (χ3v) is 4.86. The number of rotatable bonds is 2. The lowest BCUT2D eigenvalue weighted by Crippen LogP contribution is -2.54. The van der Waals surface area contributed by atoms with E-state index in [1.165, 1.54) is 0 Å². The highest BCUT2D eigenvalue weighted by Gasteiger charge is 2.42. The van der Waals surface area contributed by atoms with Crippen molar-refractivity contribution in [2.24, 2.45) is 0 Å². The van der Waals surface area contributed by atoms with Crippen molar-refractivity contribution in [3.8, 4) is 0 Å². The van der Waals surface area contributed by atoms with Crippen LogP contribution in [-0.4, -0.2) is 66.9 Å². The van der Waals surface area contributed by atoms with Gasteiger partial charge in [-0.15, -0.1) is 0 Å². The fourth-order valence-corrected chi connectivity index (χ4v) is 3.38. The van der Waals surface area contributed by atoms with Gasteiger partial charge in [-0.1, -0.05) is 24.3 Å². The minimum atomic E-state index is -0.767. The zero-order valence-corrected chi connectivity index (χ0v) is 14.5. The monoisotopic (exact) mass is 345 g/mol. The Morgan fingerprint density at radius 3 is 2.76 bits per heavy atom. The van der Waals surface area contributed by atoms with Crippen molar-refractivity contribution in [3.05, 3.63) is 35.4 Å². The maximum atomic E-state index is 13.1. The molecular weight excluding hydrogens is 322 g/mol. The lowest BCUT2D eigenvalue weighted by molar-refractivity contribution is -0.167. The summed E-state index contributed by atoms with van der Waals surface area (Å²) in [6.45, 7) is 3.09. The highest BCUT2D eigenvalue weighted by molar-refractivity contribution is 5.87. The molecule has 2 aliphatic rings. The molecule has 3 amide bonds. The van der Waals surface area contributed by atoms with Gasteiger partial charge in [0.05, 0.1) is 6.04 Å². The Balaban J connectivity index is 1.89. The molecule has 134 valence electrons. The second kappa shape index (κ2) is 7.23. The van der Waals surface area contributed by atoms with Crippen molar-refractivity contribution >= 4 is 17.7 Å². The summed E-state index contributed by atoms with van der Waals surface area (Å²) in [4.78, 5) is 40.0. The predicted molar refractivity (Wildman–Crippen MR) is 90.6 cm³/mol. The molecular formula is C18H23N3O4. The molecule has 0 aliphatic carbocycles. The Bertz CT molecular complexity index is 691. The van der Waals surface area contributed by atoms with E-state index in [-0.39, 0.29) is 30.7 Å². The standard InChI is InChI=1S/C18H23N3O4/c1-12-5-3-4-6-13(12)16-17(25-11-15(23)20(16)2)18(24)21-9-7-14(22)19-8-10-21/h3-6,16-17H,7-11H2,1-2H3,(H,19,22)/t16-,17+/m1/s1. The van der Waals surface area contributed by atoms with E-state index in [0.717, 1.165) is 11.1 Å². The van der Waals surface area contributed by atoms with Gasteiger partial charge in [0, 0.05) is 33.1 Å². The molecule has 2 aliphatic heterocycles. The van der Waals surface area contributed by atoms with Crippen LogP contribution in [0.2, 0.25) is 0 Å². The van der Waals surface area contributed by atoms with Crippen molar-refractivity contribution in [1.29, 1.82) is 0 Å². The molecule has 1 aromatic rings. The summed E-state index contributed by atoms with van der Waals surface area (Å²) in [6.07, 6.45) is -0.487. The number of likely N-dealkylation sites (N-methyl/N-ethyl adjacent to an activating group) is 1. The molecule has 2 atom stereocenters. The third-order valence-electron chi connectivity index (χ3n) is 4.86. The van der Waals surface area contributed by atoms with Crippen molar-refractivity contribution in [2.75, 3.05) is 33.3 Å². The first kappa shape index (κ1) is 17.4. The maximum Gasteiger partial charge on any atom is 0.254 e. The second-order valence-electron chi connectivity index (χ2n) is 6.46. The average molecular weight is 345 g/mol. The Labute approximate surface area is 146 Å². The maximum absolute atomic E-state index is 13.1. The predicted octanol–water partition coefficient (Wildman–Crippen LogP) is 0.242. The largest absolute Gasteiger partial charge is 0.356 e. The van der Waals surface area contributed by atoms with Crippen LogP contribution in [0.25, 0.3) is 0 Å². The van der Waals surface area contributed by atoms with Gasteiger partial charge in [-0.25, -0.2) is 0 Å². The number of amides is 3. The van der Waals surface area contributed by atoms with E-state index >= 15 is 0 Å². The van der Waals surface area contributed by atoms with Crippen LogP contribution in [0.1, 0.15) is 23.6 Å². The van der Waals surface area contributed by atoms with Gasteiger partial charge in [0.15, 0.2) is 6.10 Å². The van der Waals surface area contributed by atoms with Crippen LogP contribution in [-0.2, 0) is 19.1 Å². The summed E-state index contributed by atoms with van der Waals surface area (Å²) >= 11 is 0. The minimum Gasteiger partial charge on any atom is -0.356 e. The summed E-state index contributed by atoms with van der Waals surface area (Å²) in [5.74, 6) is -0.378. The van der Waals surface area contributed by atoms with E-state index in [1.807, 2.05) is 31.2 Å². The summed E-state index contributed by atoms with van der Waals surface area (Å²) < 4.78 is 5.68. The van der Waals surface area contributed by atoms with Crippen LogP contribution >= 0.6 is 0 Å². The lowest BCUT2D eigenvalue weighted by Gasteiger charge is -2.40. The van der Waals surface area contributed by atoms with Gasteiger partial charge in [0.1, 0.15) is 6.61 Å². The van der Waals surface area contributed by atoms with E-state index in [0.29, 0.717) is 19.6 Å². The molecule has 0 aromatic heterocycles. The summed E-state index contributed by atoms with van der Waals surface area (Å²) in [5.41, 5.74) is 1.91. The van der Waals surface area contributed by atoms with Gasteiger partial charge in [-0.2, -0.15) is 0 Å². The smallest absolute Gasteiger partial charge is 0.254 e. The first-order chi connectivity index (χ1) is 12.0. The van der Waals surface area contributed by atoms with Gasteiger partial charge in [-0.05, 0) is 18.1 Å². The number of hydrogen-bond donors (Lipinski definition) is 1. The van der Waals surface area contributed by atoms with E-state index in [1.54, 1.807) is 16.8 Å². The normalized spacial score (nSPS) is 24.7. The van der Waals surface area contributed by atoms with Crippen LogP contribution in [0.5, 0.6) is 0 Å². The molecule has 25 heavy (non-hydrogen) atoms. The van der Waals surface area contributed by atoms with Crippen LogP contribution in [0.15, 0.2) is 24.3 Å². The first-order valence-electron chi connectivity index (χ1n) is 8.47. The number of carbonyl (C=O) groups is 3. The van der Waals surface area contributed by atoms with E-state index < -0.39 is 12.1 Å². The molecule has 2 saturated heterocycles. The number of aryl methyl sites for hydroxylation is 1. The molecule has 0 radical (unpaired) electrons. The summed E-state index contributed by atoms with van der Waals surface area (Å²) in [7, 11) is 1.70. The summed E-state index contributed by atoms with van der Waals surface area (Å²) in [6, 6.07) is 7.23. The number of benzene rings is 1. The fourth-order valence-electron chi connectivity index (χ4n) is 3.38. The van der Waals surface area contributed by atoms with Crippen molar-refractivity contribution in [1.82, 2.24) is 15.1 Å². The number of carbonyl (C=O) groups excluding carboxylic acids is 3. The van der Waals surface area contributed by atoms with Crippen LogP contribution in [0.4, 0.5) is 0 Å². The molecule has 0 spiro atoms. The first-order valence-corrected chi connectivity index (χ1v) is 8.47. The van der Waals surface area contributed by atoms with Crippen molar-refractivity contribution in [2.45, 2.75) is 25.5 Å². The Hall–Kier alpha value is -2.41. The number of morpholine rings is 1. The molecule has 0 saturated carbocycles. The van der Waals surface area contributed by atoms with Gasteiger partial charge in [-0.3, -0.25) is 14.4 Å². The zero-order chi connectivity index (χ0) is 18.0. The molecule has 2 fully saturated rings. The molecule has 1 N–H and O–H groups in total. The average Bonchev–Trinajstić information content (AvgIpc) is 2.82. The van der Waals surface area contributed by atoms with Crippen molar-refractivity contribution < 1.29 is 19.1 Å². The number of nitrogens with one attached hydrogen (secondary N) is 1. The third kappa shape index (κ3) is 3.51. The zero-order valence-electron chi connectivity index (χ0n) is 14.5. The minimum absolute atomic E-state index is 0.0531. The molecule has 1 aromatic carbocycles. The fraction of sp³-hybridized carbons (Fsp3) is 0.500. The van der Waals surface area contributed by atoms with Crippen LogP contribution < -0.4 is 5.32 Å². The highest BCUT2D eigenvalue weighted by atomic mass is 16.5. The van der Waals surface area contributed by atoms with Gasteiger partial charge in [0.25, 0.3) is 5.91 Å². The van der Waals surface area contributed by atoms with E-state index in [4.69, 9.17) is 4.74 Å². The van der Waals surface area contributed by atoms with Gasteiger partial charge >= 0.3 is 0 Å². The molecule has 7 nitrogen and oxygen atoms in total.